The summed E-state index contributed by atoms with van der Waals surface area (Å²) in [5.41, 5.74) is 0. The van der Waals surface area contributed by atoms with Crippen molar-refractivity contribution in [1.82, 2.24) is 9.80 Å². The lowest BCUT2D eigenvalue weighted by Crippen LogP contribution is -2.56. The molecule has 2 aliphatic rings. The van der Waals surface area contributed by atoms with Gasteiger partial charge in [-0.05, 0) is 37.0 Å². The zero-order valence-corrected chi connectivity index (χ0v) is 13.4. The van der Waals surface area contributed by atoms with E-state index in [0.29, 0.717) is 30.7 Å². The van der Waals surface area contributed by atoms with Crippen molar-refractivity contribution in [3.8, 4) is 0 Å². The molecule has 4 unspecified atom stereocenters. The second-order valence-electron chi connectivity index (χ2n) is 6.98. The van der Waals surface area contributed by atoms with Crippen LogP contribution < -0.4 is 0 Å². The lowest BCUT2D eigenvalue weighted by atomic mass is 9.88. The highest BCUT2D eigenvalue weighted by Gasteiger charge is 2.38. The van der Waals surface area contributed by atoms with Crippen molar-refractivity contribution in [2.75, 3.05) is 19.6 Å². The molecule has 21 heavy (non-hydrogen) atoms. The highest BCUT2D eigenvalue weighted by Crippen LogP contribution is 2.28. The van der Waals surface area contributed by atoms with Crippen molar-refractivity contribution in [2.24, 2.45) is 17.8 Å². The van der Waals surface area contributed by atoms with Gasteiger partial charge in [-0.25, -0.2) is 9.59 Å². The lowest BCUT2D eigenvalue weighted by Gasteiger charge is -2.42. The van der Waals surface area contributed by atoms with Crippen LogP contribution in [0.2, 0.25) is 0 Å². The van der Waals surface area contributed by atoms with Gasteiger partial charge in [0.2, 0.25) is 0 Å². The SMILES string of the molecule is CCC1CCN(C(=O)N2CC(C)CC(C)C2)C(C(=O)O)C1. The van der Waals surface area contributed by atoms with Crippen LogP contribution in [-0.4, -0.2) is 52.6 Å². The molecule has 0 saturated carbocycles. The van der Waals surface area contributed by atoms with Crippen LogP contribution in [0.4, 0.5) is 4.79 Å². The predicted octanol–water partition coefficient (Wildman–Crippen LogP) is 2.66. The number of piperidine rings is 2. The lowest BCUT2D eigenvalue weighted by molar-refractivity contribution is -0.144. The molecule has 2 aliphatic heterocycles. The molecule has 5 nitrogen and oxygen atoms in total. The van der Waals surface area contributed by atoms with Crippen LogP contribution in [-0.2, 0) is 4.79 Å². The quantitative estimate of drug-likeness (QED) is 0.852. The molecule has 0 spiro atoms. The Morgan fingerprint density at radius 3 is 2.29 bits per heavy atom. The van der Waals surface area contributed by atoms with Crippen LogP contribution >= 0.6 is 0 Å². The summed E-state index contributed by atoms with van der Waals surface area (Å²) in [5.74, 6) is 0.553. The molecule has 0 aromatic rings. The number of urea groups is 1. The van der Waals surface area contributed by atoms with Crippen molar-refractivity contribution in [2.45, 2.75) is 52.5 Å². The van der Waals surface area contributed by atoms with Crippen LogP contribution in [0.5, 0.6) is 0 Å². The number of carboxylic acid groups (broad SMARTS) is 1. The number of hydrogen-bond donors (Lipinski definition) is 1. The molecule has 4 atom stereocenters. The Morgan fingerprint density at radius 2 is 1.76 bits per heavy atom. The molecule has 120 valence electrons. The van der Waals surface area contributed by atoms with Crippen LogP contribution in [0.15, 0.2) is 0 Å². The van der Waals surface area contributed by atoms with Crippen LogP contribution in [0.3, 0.4) is 0 Å². The molecule has 0 aliphatic carbocycles. The van der Waals surface area contributed by atoms with E-state index >= 15 is 0 Å². The summed E-state index contributed by atoms with van der Waals surface area (Å²) >= 11 is 0. The minimum absolute atomic E-state index is 0.0737. The third kappa shape index (κ3) is 3.69. The first kappa shape index (κ1) is 16.1. The fourth-order valence-electron chi connectivity index (χ4n) is 3.87. The summed E-state index contributed by atoms with van der Waals surface area (Å²) in [6, 6.07) is -0.723. The van der Waals surface area contributed by atoms with Crippen molar-refractivity contribution in [3.05, 3.63) is 0 Å². The maximum absolute atomic E-state index is 12.7. The van der Waals surface area contributed by atoms with Gasteiger partial charge in [-0.2, -0.15) is 0 Å². The fraction of sp³-hybridized carbons (Fsp3) is 0.875. The number of carboxylic acids is 1. The number of carbonyl (C=O) groups is 2. The first-order valence-electron chi connectivity index (χ1n) is 8.20. The Morgan fingerprint density at radius 1 is 1.14 bits per heavy atom. The predicted molar refractivity (Wildman–Crippen MR) is 81.1 cm³/mol. The molecule has 2 heterocycles. The molecule has 2 amide bonds. The fourth-order valence-corrected chi connectivity index (χ4v) is 3.87. The Labute approximate surface area is 127 Å². The smallest absolute Gasteiger partial charge is 0.326 e. The van der Waals surface area contributed by atoms with E-state index in [-0.39, 0.29) is 6.03 Å². The summed E-state index contributed by atoms with van der Waals surface area (Å²) < 4.78 is 0. The molecule has 0 aromatic carbocycles. The average Bonchev–Trinajstić information content (AvgIpc) is 2.44. The van der Waals surface area contributed by atoms with Gasteiger partial charge in [0, 0.05) is 19.6 Å². The summed E-state index contributed by atoms with van der Waals surface area (Å²) in [6.07, 6.45) is 3.65. The molecular weight excluding hydrogens is 268 g/mol. The molecule has 0 bridgehead atoms. The molecule has 2 saturated heterocycles. The largest absolute Gasteiger partial charge is 0.480 e. The third-order valence-electron chi connectivity index (χ3n) is 4.96. The van der Waals surface area contributed by atoms with Crippen molar-refractivity contribution in [1.29, 1.82) is 0 Å². The van der Waals surface area contributed by atoms with Crippen molar-refractivity contribution >= 4 is 12.0 Å². The standard InChI is InChI=1S/C16H28N2O3/c1-4-13-5-6-18(14(8-13)15(19)20)16(21)17-9-11(2)7-12(3)10-17/h11-14H,4-10H2,1-3H3,(H,19,20). The summed E-state index contributed by atoms with van der Waals surface area (Å²) in [7, 11) is 0. The number of hydrogen-bond acceptors (Lipinski definition) is 2. The maximum atomic E-state index is 12.7. The molecule has 2 fully saturated rings. The first-order valence-corrected chi connectivity index (χ1v) is 8.20. The molecule has 1 N–H and O–H groups in total. The Bertz CT molecular complexity index is 389. The van der Waals surface area contributed by atoms with Gasteiger partial charge in [0.15, 0.2) is 0 Å². The third-order valence-corrected chi connectivity index (χ3v) is 4.96. The second-order valence-corrected chi connectivity index (χ2v) is 6.98. The Kier molecular flexibility index (Phi) is 5.12. The first-order chi connectivity index (χ1) is 9.92. The van der Waals surface area contributed by atoms with E-state index < -0.39 is 12.0 Å². The van der Waals surface area contributed by atoms with Gasteiger partial charge in [-0.3, -0.25) is 0 Å². The van der Waals surface area contributed by atoms with Gasteiger partial charge in [-0.1, -0.05) is 27.2 Å². The molecule has 2 rings (SSSR count). The van der Waals surface area contributed by atoms with E-state index in [4.69, 9.17) is 0 Å². The maximum Gasteiger partial charge on any atom is 0.326 e. The van der Waals surface area contributed by atoms with E-state index in [2.05, 4.69) is 20.8 Å². The normalized spacial score (nSPS) is 33.9. The van der Waals surface area contributed by atoms with E-state index in [1.54, 1.807) is 4.90 Å². The van der Waals surface area contributed by atoms with Crippen LogP contribution in [0.1, 0.15) is 46.5 Å². The van der Waals surface area contributed by atoms with Crippen LogP contribution in [0.25, 0.3) is 0 Å². The van der Waals surface area contributed by atoms with E-state index in [1.165, 1.54) is 0 Å². The Hall–Kier alpha value is -1.26. The molecule has 0 radical (unpaired) electrons. The summed E-state index contributed by atoms with van der Waals surface area (Å²) in [4.78, 5) is 27.7. The topological polar surface area (TPSA) is 60.9 Å². The highest BCUT2D eigenvalue weighted by atomic mass is 16.4. The minimum atomic E-state index is -0.861. The summed E-state index contributed by atoms with van der Waals surface area (Å²) in [6.45, 7) is 8.50. The van der Waals surface area contributed by atoms with Gasteiger partial charge in [0.25, 0.3) is 0 Å². The van der Waals surface area contributed by atoms with Crippen LogP contribution in [0, 0.1) is 17.8 Å². The van der Waals surface area contributed by atoms with E-state index in [9.17, 15) is 14.7 Å². The Balaban J connectivity index is 2.07. The monoisotopic (exact) mass is 296 g/mol. The molecule has 0 aromatic heterocycles. The molecule has 5 heteroatoms. The van der Waals surface area contributed by atoms with Crippen molar-refractivity contribution in [3.63, 3.8) is 0 Å². The zero-order chi connectivity index (χ0) is 15.6. The number of nitrogens with zero attached hydrogens (tertiary/aromatic N) is 2. The minimum Gasteiger partial charge on any atom is -0.480 e. The van der Waals surface area contributed by atoms with Gasteiger partial charge >= 0.3 is 12.0 Å². The average molecular weight is 296 g/mol. The van der Waals surface area contributed by atoms with Crippen molar-refractivity contribution < 1.29 is 14.7 Å². The number of rotatable bonds is 2. The summed E-state index contributed by atoms with van der Waals surface area (Å²) in [5, 5.41) is 9.46. The number of likely N-dealkylation sites (tertiary alicyclic amines) is 2. The van der Waals surface area contributed by atoms with E-state index in [1.807, 2.05) is 4.90 Å². The number of amides is 2. The second kappa shape index (κ2) is 6.67. The van der Waals surface area contributed by atoms with Gasteiger partial charge in [-0.15, -0.1) is 0 Å². The number of carbonyl (C=O) groups excluding carboxylic acids is 1. The van der Waals surface area contributed by atoms with E-state index in [0.717, 1.165) is 32.4 Å². The molecular formula is C16H28N2O3. The van der Waals surface area contributed by atoms with Gasteiger partial charge < -0.3 is 14.9 Å². The highest BCUT2D eigenvalue weighted by molar-refractivity contribution is 5.83. The number of aliphatic carboxylic acids is 1. The van der Waals surface area contributed by atoms with Gasteiger partial charge in [0.1, 0.15) is 6.04 Å². The van der Waals surface area contributed by atoms with Gasteiger partial charge in [0.05, 0.1) is 0 Å². The zero-order valence-electron chi connectivity index (χ0n) is 13.4.